The number of ether oxygens (including phenoxy) is 2. The highest BCUT2D eigenvalue weighted by Gasteiger charge is 2.14. The SMILES string of the molecule is CCNC(=NCc1ccc(OC)c(C(=O)OC)c1)NC(C)C(C)C. The molecule has 0 aromatic heterocycles. The van der Waals surface area contributed by atoms with Crippen molar-refractivity contribution in [1.29, 1.82) is 0 Å². The van der Waals surface area contributed by atoms with Gasteiger partial charge in [0.25, 0.3) is 0 Å². The smallest absolute Gasteiger partial charge is 0.341 e. The van der Waals surface area contributed by atoms with Gasteiger partial charge in [-0.25, -0.2) is 9.79 Å². The van der Waals surface area contributed by atoms with Crippen LogP contribution >= 0.6 is 0 Å². The van der Waals surface area contributed by atoms with Crippen LogP contribution in [0.3, 0.4) is 0 Å². The third-order valence-corrected chi connectivity index (χ3v) is 3.80. The number of guanidine groups is 1. The topological polar surface area (TPSA) is 72.0 Å². The molecule has 1 rings (SSSR count). The van der Waals surface area contributed by atoms with E-state index in [0.717, 1.165) is 18.1 Å². The number of hydrogen-bond acceptors (Lipinski definition) is 4. The fourth-order valence-corrected chi connectivity index (χ4v) is 2.00. The van der Waals surface area contributed by atoms with Gasteiger partial charge in [-0.3, -0.25) is 0 Å². The Bertz CT molecular complexity index is 571. The van der Waals surface area contributed by atoms with Crippen LogP contribution in [0.5, 0.6) is 5.75 Å². The molecular weight excluding hydrogens is 306 g/mol. The maximum Gasteiger partial charge on any atom is 0.341 e. The van der Waals surface area contributed by atoms with E-state index < -0.39 is 5.97 Å². The van der Waals surface area contributed by atoms with Gasteiger partial charge in [0.2, 0.25) is 0 Å². The summed E-state index contributed by atoms with van der Waals surface area (Å²) in [5.74, 6) is 1.33. The highest BCUT2D eigenvalue weighted by Crippen LogP contribution is 2.21. The van der Waals surface area contributed by atoms with Gasteiger partial charge in [-0.2, -0.15) is 0 Å². The molecule has 134 valence electrons. The summed E-state index contributed by atoms with van der Waals surface area (Å²) in [5.41, 5.74) is 1.31. The Kier molecular flexibility index (Phi) is 8.09. The number of methoxy groups -OCH3 is 2. The summed E-state index contributed by atoms with van der Waals surface area (Å²) in [6.45, 7) is 9.71. The molecule has 0 aliphatic heterocycles. The van der Waals surface area contributed by atoms with Crippen LogP contribution < -0.4 is 15.4 Å². The Labute approximate surface area is 144 Å². The Morgan fingerprint density at radius 3 is 2.50 bits per heavy atom. The number of aliphatic imine (C=N–C) groups is 1. The van der Waals surface area contributed by atoms with Crippen molar-refractivity contribution >= 4 is 11.9 Å². The molecule has 1 aromatic rings. The van der Waals surface area contributed by atoms with Crippen LogP contribution in [-0.4, -0.2) is 38.7 Å². The standard InChI is InChI=1S/C18H29N3O3/c1-7-19-18(21-13(4)12(2)3)20-11-14-8-9-16(23-5)15(10-14)17(22)24-6/h8-10,12-13H,7,11H2,1-6H3,(H2,19,20,21). The van der Waals surface area contributed by atoms with Crippen LogP contribution in [0.1, 0.15) is 43.6 Å². The van der Waals surface area contributed by atoms with E-state index in [2.05, 4.69) is 36.4 Å². The summed E-state index contributed by atoms with van der Waals surface area (Å²) >= 11 is 0. The largest absolute Gasteiger partial charge is 0.496 e. The minimum atomic E-state index is -0.420. The molecule has 6 heteroatoms. The molecule has 0 aliphatic carbocycles. The lowest BCUT2D eigenvalue weighted by molar-refractivity contribution is 0.0597. The van der Waals surface area contributed by atoms with Crippen molar-refractivity contribution in [1.82, 2.24) is 10.6 Å². The highest BCUT2D eigenvalue weighted by atomic mass is 16.5. The molecule has 1 unspecified atom stereocenters. The maximum atomic E-state index is 11.8. The number of nitrogens with zero attached hydrogens (tertiary/aromatic N) is 1. The molecule has 24 heavy (non-hydrogen) atoms. The molecule has 0 heterocycles. The minimum absolute atomic E-state index is 0.310. The van der Waals surface area contributed by atoms with Crippen molar-refractivity contribution in [3.8, 4) is 5.75 Å². The third kappa shape index (κ3) is 5.76. The van der Waals surface area contributed by atoms with Gasteiger partial charge in [0.05, 0.1) is 20.8 Å². The van der Waals surface area contributed by atoms with Gasteiger partial charge in [-0.05, 0) is 37.5 Å². The molecule has 0 aliphatic rings. The predicted molar refractivity (Wildman–Crippen MR) is 96.6 cm³/mol. The molecule has 0 radical (unpaired) electrons. The molecule has 0 fully saturated rings. The zero-order valence-corrected chi connectivity index (χ0v) is 15.5. The van der Waals surface area contributed by atoms with Crippen molar-refractivity contribution in [2.45, 2.75) is 40.3 Å². The average Bonchev–Trinajstić information content (AvgIpc) is 2.58. The summed E-state index contributed by atoms with van der Waals surface area (Å²) in [5, 5.41) is 6.61. The third-order valence-electron chi connectivity index (χ3n) is 3.80. The first kappa shape index (κ1) is 19.8. The monoisotopic (exact) mass is 335 g/mol. The van der Waals surface area contributed by atoms with Crippen molar-refractivity contribution in [2.24, 2.45) is 10.9 Å². The number of hydrogen-bond donors (Lipinski definition) is 2. The number of nitrogens with one attached hydrogen (secondary N) is 2. The average molecular weight is 335 g/mol. The van der Waals surface area contributed by atoms with Gasteiger partial charge in [0, 0.05) is 12.6 Å². The zero-order chi connectivity index (χ0) is 18.1. The summed E-state index contributed by atoms with van der Waals surface area (Å²) in [6.07, 6.45) is 0. The molecular formula is C18H29N3O3. The van der Waals surface area contributed by atoms with E-state index in [9.17, 15) is 4.79 Å². The second-order valence-electron chi connectivity index (χ2n) is 5.90. The number of esters is 1. The minimum Gasteiger partial charge on any atom is -0.496 e. The fraction of sp³-hybridized carbons (Fsp3) is 0.556. The summed E-state index contributed by atoms with van der Waals surface area (Å²) in [7, 11) is 2.88. The molecule has 0 saturated heterocycles. The van der Waals surface area contributed by atoms with Gasteiger partial charge in [0.15, 0.2) is 5.96 Å². The van der Waals surface area contributed by atoms with E-state index >= 15 is 0 Å². The molecule has 0 saturated carbocycles. The van der Waals surface area contributed by atoms with E-state index in [-0.39, 0.29) is 0 Å². The van der Waals surface area contributed by atoms with Crippen molar-refractivity contribution in [3.05, 3.63) is 29.3 Å². The lowest BCUT2D eigenvalue weighted by Gasteiger charge is -2.20. The van der Waals surface area contributed by atoms with E-state index in [1.165, 1.54) is 14.2 Å². The Hall–Kier alpha value is -2.24. The lowest BCUT2D eigenvalue weighted by atomic mass is 10.1. The van der Waals surface area contributed by atoms with E-state index in [1.54, 1.807) is 12.1 Å². The van der Waals surface area contributed by atoms with E-state index in [0.29, 0.717) is 29.8 Å². The van der Waals surface area contributed by atoms with Crippen LogP contribution in [0.4, 0.5) is 0 Å². The van der Waals surface area contributed by atoms with Gasteiger partial charge >= 0.3 is 5.97 Å². The molecule has 1 aromatic carbocycles. The number of rotatable bonds is 7. The molecule has 1 atom stereocenters. The summed E-state index contributed by atoms with van der Waals surface area (Å²) < 4.78 is 10.0. The van der Waals surface area contributed by atoms with Crippen LogP contribution in [0.25, 0.3) is 0 Å². The van der Waals surface area contributed by atoms with E-state index in [4.69, 9.17) is 9.47 Å². The summed E-state index contributed by atoms with van der Waals surface area (Å²) in [4.78, 5) is 16.4. The molecule has 0 amide bonds. The number of benzene rings is 1. The van der Waals surface area contributed by atoms with Gasteiger partial charge in [-0.15, -0.1) is 0 Å². The normalized spacial score (nSPS) is 12.7. The number of carbonyl (C=O) groups is 1. The highest BCUT2D eigenvalue weighted by molar-refractivity contribution is 5.92. The first-order valence-electron chi connectivity index (χ1n) is 8.23. The lowest BCUT2D eigenvalue weighted by Crippen LogP contribution is -2.44. The van der Waals surface area contributed by atoms with Gasteiger partial charge in [0.1, 0.15) is 11.3 Å². The van der Waals surface area contributed by atoms with Gasteiger partial charge < -0.3 is 20.1 Å². The quantitative estimate of drug-likeness (QED) is 0.455. The zero-order valence-electron chi connectivity index (χ0n) is 15.5. The molecule has 6 nitrogen and oxygen atoms in total. The fourth-order valence-electron chi connectivity index (χ4n) is 2.00. The molecule has 2 N–H and O–H groups in total. The maximum absolute atomic E-state index is 11.8. The predicted octanol–water partition coefficient (Wildman–Crippen LogP) is 2.58. The Morgan fingerprint density at radius 1 is 1.25 bits per heavy atom. The summed E-state index contributed by atoms with van der Waals surface area (Å²) in [6, 6.07) is 5.71. The molecule has 0 bridgehead atoms. The number of carbonyl (C=O) groups excluding carboxylic acids is 1. The van der Waals surface area contributed by atoms with Crippen LogP contribution in [0, 0.1) is 5.92 Å². The Morgan fingerprint density at radius 2 is 1.96 bits per heavy atom. The second kappa shape index (κ2) is 9.80. The van der Waals surface area contributed by atoms with E-state index in [1.807, 2.05) is 13.0 Å². The van der Waals surface area contributed by atoms with Crippen LogP contribution in [0.15, 0.2) is 23.2 Å². The first-order valence-corrected chi connectivity index (χ1v) is 8.23. The van der Waals surface area contributed by atoms with Crippen molar-refractivity contribution in [3.63, 3.8) is 0 Å². The van der Waals surface area contributed by atoms with Crippen molar-refractivity contribution in [2.75, 3.05) is 20.8 Å². The molecule has 0 spiro atoms. The van der Waals surface area contributed by atoms with Crippen LogP contribution in [0.2, 0.25) is 0 Å². The van der Waals surface area contributed by atoms with Crippen LogP contribution in [-0.2, 0) is 11.3 Å². The van der Waals surface area contributed by atoms with Gasteiger partial charge in [-0.1, -0.05) is 19.9 Å². The first-order chi connectivity index (χ1) is 11.4. The Balaban J connectivity index is 2.94. The van der Waals surface area contributed by atoms with Crippen molar-refractivity contribution < 1.29 is 14.3 Å². The second-order valence-corrected chi connectivity index (χ2v) is 5.90.